The van der Waals surface area contributed by atoms with Crippen molar-refractivity contribution in [2.75, 3.05) is 13.1 Å². The third-order valence-electron chi connectivity index (χ3n) is 4.70. The Balaban J connectivity index is 1.69. The van der Waals surface area contributed by atoms with Crippen LogP contribution in [0.1, 0.15) is 11.1 Å². The van der Waals surface area contributed by atoms with Crippen molar-refractivity contribution in [2.24, 2.45) is 11.5 Å². The minimum absolute atomic E-state index is 0.245. The second kappa shape index (κ2) is 8.00. The van der Waals surface area contributed by atoms with Crippen LogP contribution in [0.15, 0.2) is 46.5 Å². The van der Waals surface area contributed by atoms with Gasteiger partial charge in [0.2, 0.25) is 0 Å². The van der Waals surface area contributed by atoms with Gasteiger partial charge in [-0.25, -0.2) is 0 Å². The Labute approximate surface area is 170 Å². The maximum Gasteiger partial charge on any atom is 0.116 e. The monoisotopic (exact) mass is 414 g/mol. The fraction of sp³-hybridized carbons (Fsp3) is 0.200. The van der Waals surface area contributed by atoms with E-state index in [-0.39, 0.29) is 11.5 Å². The average Bonchev–Trinajstić information content (AvgIpc) is 3.19. The molecule has 0 saturated carbocycles. The number of H-pyrrole nitrogens is 2. The lowest BCUT2D eigenvalue weighted by molar-refractivity contribution is 0.475. The van der Waals surface area contributed by atoms with Gasteiger partial charge in [-0.3, -0.25) is 0 Å². The summed E-state index contributed by atoms with van der Waals surface area (Å²) in [6, 6.07) is 10.7. The maximum atomic E-state index is 9.84. The number of nitrogens with two attached hydrogens (primary N) is 2. The Bertz CT molecular complexity index is 1050. The number of phenolic OH excluding ortho intramolecular Hbond substituents is 2. The number of benzene rings is 2. The molecule has 0 saturated heterocycles. The first-order chi connectivity index (χ1) is 13.6. The van der Waals surface area contributed by atoms with Gasteiger partial charge in [0.25, 0.3) is 0 Å². The van der Waals surface area contributed by atoms with Gasteiger partial charge in [-0.15, -0.1) is 0 Å². The fourth-order valence-corrected chi connectivity index (χ4v) is 5.88. The van der Waals surface area contributed by atoms with E-state index in [1.165, 1.54) is 0 Å². The molecule has 0 radical (unpaired) electrons. The lowest BCUT2D eigenvalue weighted by atomic mass is 10.1. The van der Waals surface area contributed by atoms with Gasteiger partial charge in [-0.2, -0.15) is 0 Å². The maximum absolute atomic E-state index is 9.84. The SMILES string of the molecule is NCCc1c(SSc2[nH]c3ccc(O)cc3c2CCN)[nH]c2ccc(O)cc12. The molecule has 2 aromatic carbocycles. The van der Waals surface area contributed by atoms with Gasteiger partial charge < -0.3 is 31.6 Å². The Morgan fingerprint density at radius 1 is 0.714 bits per heavy atom. The van der Waals surface area contributed by atoms with Crippen molar-refractivity contribution in [3.05, 3.63) is 47.5 Å². The smallest absolute Gasteiger partial charge is 0.116 e. The molecular formula is C20H22N4O2S2. The second-order valence-electron chi connectivity index (χ2n) is 6.57. The van der Waals surface area contributed by atoms with Crippen LogP contribution in [0.3, 0.4) is 0 Å². The van der Waals surface area contributed by atoms with Crippen LogP contribution in [-0.2, 0) is 12.8 Å². The van der Waals surface area contributed by atoms with Crippen molar-refractivity contribution >= 4 is 43.4 Å². The zero-order chi connectivity index (χ0) is 19.7. The predicted octanol–water partition coefficient (Wildman–Crippen LogP) is 3.86. The zero-order valence-corrected chi connectivity index (χ0v) is 16.8. The molecule has 4 rings (SSSR count). The normalized spacial score (nSPS) is 11.6. The molecule has 0 atom stereocenters. The van der Waals surface area contributed by atoms with E-state index in [9.17, 15) is 10.2 Å². The van der Waals surface area contributed by atoms with E-state index in [0.717, 1.165) is 55.8 Å². The summed E-state index contributed by atoms with van der Waals surface area (Å²) < 4.78 is 0. The van der Waals surface area contributed by atoms with Crippen molar-refractivity contribution in [1.82, 2.24) is 9.97 Å². The van der Waals surface area contributed by atoms with E-state index in [1.807, 2.05) is 12.1 Å². The molecule has 0 fully saturated rings. The molecule has 6 nitrogen and oxygen atoms in total. The third kappa shape index (κ3) is 3.56. The molecule has 0 aliphatic carbocycles. The molecule has 0 aliphatic rings. The number of hydrogen-bond acceptors (Lipinski definition) is 6. The van der Waals surface area contributed by atoms with Crippen molar-refractivity contribution in [3.8, 4) is 11.5 Å². The summed E-state index contributed by atoms with van der Waals surface area (Å²) in [6.45, 7) is 1.07. The summed E-state index contributed by atoms with van der Waals surface area (Å²) in [4.78, 5) is 6.88. The third-order valence-corrected chi connectivity index (χ3v) is 7.06. The number of rotatable bonds is 7. The Morgan fingerprint density at radius 3 is 1.54 bits per heavy atom. The van der Waals surface area contributed by atoms with E-state index in [4.69, 9.17) is 11.5 Å². The number of aromatic hydroxyl groups is 2. The highest BCUT2D eigenvalue weighted by atomic mass is 33.1. The van der Waals surface area contributed by atoms with Crippen LogP contribution in [0, 0.1) is 0 Å². The molecule has 0 aliphatic heterocycles. The number of hydrogen-bond donors (Lipinski definition) is 6. The molecule has 0 bridgehead atoms. The van der Waals surface area contributed by atoms with Crippen LogP contribution in [-0.4, -0.2) is 33.3 Å². The molecule has 2 aromatic heterocycles. The lowest BCUT2D eigenvalue weighted by Crippen LogP contribution is -2.03. The molecule has 0 spiro atoms. The number of fused-ring (bicyclic) bond motifs is 2. The largest absolute Gasteiger partial charge is 0.508 e. The molecule has 0 unspecified atom stereocenters. The van der Waals surface area contributed by atoms with E-state index in [2.05, 4.69) is 9.97 Å². The molecule has 146 valence electrons. The van der Waals surface area contributed by atoms with E-state index in [1.54, 1.807) is 45.9 Å². The Hall–Kier alpha value is -2.26. The number of phenols is 2. The minimum Gasteiger partial charge on any atom is -0.508 e. The number of aromatic nitrogens is 2. The van der Waals surface area contributed by atoms with Gasteiger partial charge in [-0.05, 0) is 95.0 Å². The topological polar surface area (TPSA) is 124 Å². The Morgan fingerprint density at radius 2 is 1.14 bits per heavy atom. The van der Waals surface area contributed by atoms with Gasteiger partial charge in [0, 0.05) is 21.8 Å². The van der Waals surface area contributed by atoms with Gasteiger partial charge in [0.1, 0.15) is 11.5 Å². The molecule has 28 heavy (non-hydrogen) atoms. The van der Waals surface area contributed by atoms with Crippen LogP contribution in [0.5, 0.6) is 11.5 Å². The van der Waals surface area contributed by atoms with Crippen LogP contribution in [0.4, 0.5) is 0 Å². The fourth-order valence-electron chi connectivity index (χ4n) is 3.43. The summed E-state index contributed by atoms with van der Waals surface area (Å²) in [7, 11) is 3.24. The molecule has 8 heteroatoms. The van der Waals surface area contributed by atoms with Crippen molar-refractivity contribution in [2.45, 2.75) is 22.9 Å². The summed E-state index contributed by atoms with van der Waals surface area (Å²) in [6.07, 6.45) is 1.45. The summed E-state index contributed by atoms with van der Waals surface area (Å²) in [5.74, 6) is 0.490. The van der Waals surface area contributed by atoms with Gasteiger partial charge in [-0.1, -0.05) is 0 Å². The second-order valence-corrected chi connectivity index (χ2v) is 8.72. The van der Waals surface area contributed by atoms with Crippen molar-refractivity contribution in [1.29, 1.82) is 0 Å². The first kappa shape index (κ1) is 19.1. The highest BCUT2D eigenvalue weighted by Gasteiger charge is 2.16. The lowest BCUT2D eigenvalue weighted by Gasteiger charge is -2.05. The molecule has 0 amide bonds. The summed E-state index contributed by atoms with van der Waals surface area (Å²) in [5, 5.41) is 23.7. The molecule has 8 N–H and O–H groups in total. The first-order valence-corrected chi connectivity index (χ1v) is 11.2. The summed E-state index contributed by atoms with van der Waals surface area (Å²) >= 11 is 0. The van der Waals surface area contributed by atoms with E-state index in [0.29, 0.717) is 13.1 Å². The van der Waals surface area contributed by atoms with E-state index < -0.39 is 0 Å². The number of aromatic amines is 2. The average molecular weight is 415 g/mol. The predicted molar refractivity (Wildman–Crippen MR) is 117 cm³/mol. The highest BCUT2D eigenvalue weighted by Crippen LogP contribution is 2.44. The molecule has 4 aromatic rings. The molecule has 2 heterocycles. The standard InChI is InChI=1S/C20H22N4O2S2/c21-7-5-13-15-9-11(25)1-3-17(15)23-19(13)27-28-20-14(6-8-22)16-10-12(26)2-4-18(16)24-20/h1-4,9-10,23-26H,5-8,21-22H2. The van der Waals surface area contributed by atoms with Gasteiger partial charge in [0.05, 0.1) is 10.1 Å². The summed E-state index contributed by atoms with van der Waals surface area (Å²) in [5.41, 5.74) is 15.8. The van der Waals surface area contributed by atoms with Crippen LogP contribution >= 0.6 is 21.6 Å². The van der Waals surface area contributed by atoms with Crippen LogP contribution in [0.2, 0.25) is 0 Å². The number of nitrogens with one attached hydrogen (secondary N) is 2. The molecular weight excluding hydrogens is 392 g/mol. The first-order valence-electron chi connectivity index (χ1n) is 9.02. The minimum atomic E-state index is 0.245. The Kier molecular flexibility index (Phi) is 5.45. The highest BCUT2D eigenvalue weighted by molar-refractivity contribution is 8.76. The zero-order valence-electron chi connectivity index (χ0n) is 15.2. The van der Waals surface area contributed by atoms with Gasteiger partial charge in [0.15, 0.2) is 0 Å². The van der Waals surface area contributed by atoms with Crippen molar-refractivity contribution in [3.63, 3.8) is 0 Å². The quantitative estimate of drug-likeness (QED) is 0.255. The van der Waals surface area contributed by atoms with E-state index >= 15 is 0 Å². The van der Waals surface area contributed by atoms with Crippen molar-refractivity contribution < 1.29 is 10.2 Å². The van der Waals surface area contributed by atoms with Gasteiger partial charge >= 0.3 is 0 Å². The van der Waals surface area contributed by atoms with Crippen LogP contribution in [0.25, 0.3) is 21.8 Å². The van der Waals surface area contributed by atoms with Crippen LogP contribution < -0.4 is 11.5 Å².